The summed E-state index contributed by atoms with van der Waals surface area (Å²) in [4.78, 5) is 1.18. The molecule has 0 aliphatic carbocycles. The first kappa shape index (κ1) is 9.36. The molecule has 64 valence electrons. The summed E-state index contributed by atoms with van der Waals surface area (Å²) in [5, 5.41) is 8.61. The third kappa shape index (κ3) is 2.72. The molecular weight excluding hydrogens is 168 g/mol. The largest absolute Gasteiger partial charge is 0.396 e. The molecule has 2 heteroatoms. The molecule has 0 aliphatic heterocycles. The zero-order valence-corrected chi connectivity index (χ0v) is 7.68. The Bertz CT molecular complexity index is 258. The highest BCUT2D eigenvalue weighted by atomic mass is 32.2. The minimum absolute atomic E-state index is 0.225. The van der Waals surface area contributed by atoms with Crippen LogP contribution >= 0.6 is 11.8 Å². The van der Waals surface area contributed by atoms with Gasteiger partial charge in [-0.2, -0.15) is 0 Å². The zero-order valence-electron chi connectivity index (χ0n) is 6.86. The molecule has 0 saturated carbocycles. The summed E-state index contributed by atoms with van der Waals surface area (Å²) in [6.45, 7) is 3.92. The maximum absolute atomic E-state index is 8.61. The first-order valence-corrected chi connectivity index (χ1v) is 4.81. The first-order valence-electron chi connectivity index (χ1n) is 3.83. The molecule has 0 unspecified atom stereocenters. The molecule has 0 aromatic heterocycles. The van der Waals surface area contributed by atoms with E-state index in [2.05, 4.69) is 12.6 Å². The van der Waals surface area contributed by atoms with Gasteiger partial charge in [-0.1, -0.05) is 24.8 Å². The normalized spacial score (nSPS) is 9.75. The van der Waals surface area contributed by atoms with Gasteiger partial charge < -0.3 is 5.11 Å². The minimum atomic E-state index is 0.225. The van der Waals surface area contributed by atoms with E-state index in [9.17, 15) is 0 Å². The predicted octanol–water partition coefficient (Wildman–Crippen LogP) is 2.41. The second-order valence-electron chi connectivity index (χ2n) is 2.35. The van der Waals surface area contributed by atoms with Gasteiger partial charge in [0.1, 0.15) is 0 Å². The van der Waals surface area contributed by atoms with Gasteiger partial charge in [-0.15, -0.1) is 11.8 Å². The van der Waals surface area contributed by atoms with Crippen molar-refractivity contribution in [3.63, 3.8) is 0 Å². The lowest BCUT2D eigenvalue weighted by atomic mass is 10.2. The molecule has 0 amide bonds. The van der Waals surface area contributed by atoms with E-state index in [-0.39, 0.29) is 6.61 Å². The van der Waals surface area contributed by atoms with Crippen LogP contribution in [0.15, 0.2) is 35.7 Å². The Hall–Kier alpha value is -0.730. The highest BCUT2D eigenvalue weighted by molar-refractivity contribution is 7.99. The molecule has 1 N–H and O–H groups in total. The van der Waals surface area contributed by atoms with Crippen LogP contribution in [-0.2, 0) is 0 Å². The van der Waals surface area contributed by atoms with Crippen molar-refractivity contribution in [2.75, 3.05) is 12.4 Å². The van der Waals surface area contributed by atoms with E-state index in [1.165, 1.54) is 4.90 Å². The highest BCUT2D eigenvalue weighted by Crippen LogP contribution is 2.18. The number of aliphatic hydroxyl groups excluding tert-OH is 1. The number of hydrogen-bond acceptors (Lipinski definition) is 2. The van der Waals surface area contributed by atoms with Crippen LogP contribution in [0.5, 0.6) is 0 Å². The van der Waals surface area contributed by atoms with Gasteiger partial charge in [0.25, 0.3) is 0 Å². The van der Waals surface area contributed by atoms with Gasteiger partial charge in [0.2, 0.25) is 0 Å². The Morgan fingerprint density at radius 2 is 2.33 bits per heavy atom. The number of aliphatic hydroxyl groups is 1. The summed E-state index contributed by atoms with van der Waals surface area (Å²) in [6.07, 6.45) is 1.82. The molecule has 1 aromatic carbocycles. The van der Waals surface area contributed by atoms with E-state index in [4.69, 9.17) is 5.11 Å². The van der Waals surface area contributed by atoms with Gasteiger partial charge in [-0.25, -0.2) is 0 Å². The van der Waals surface area contributed by atoms with Crippen LogP contribution in [-0.4, -0.2) is 17.5 Å². The molecule has 12 heavy (non-hydrogen) atoms. The average molecular weight is 180 g/mol. The second kappa shape index (κ2) is 5.01. The first-order chi connectivity index (χ1) is 5.86. The summed E-state index contributed by atoms with van der Waals surface area (Å²) in [5.74, 6) is 0.751. The van der Waals surface area contributed by atoms with Gasteiger partial charge in [0.05, 0.1) is 6.61 Å². The molecule has 1 rings (SSSR count). The van der Waals surface area contributed by atoms with E-state index >= 15 is 0 Å². The molecule has 0 radical (unpaired) electrons. The lowest BCUT2D eigenvalue weighted by molar-refractivity contribution is 0.322. The molecule has 0 atom stereocenters. The van der Waals surface area contributed by atoms with Gasteiger partial charge in [-0.05, 0) is 17.7 Å². The molecular formula is C10H12OS. The van der Waals surface area contributed by atoms with Crippen LogP contribution in [0.3, 0.4) is 0 Å². The van der Waals surface area contributed by atoms with Crippen molar-refractivity contribution < 1.29 is 5.11 Å². The van der Waals surface area contributed by atoms with Crippen LogP contribution in [0.2, 0.25) is 0 Å². The van der Waals surface area contributed by atoms with Crippen molar-refractivity contribution in [1.82, 2.24) is 0 Å². The van der Waals surface area contributed by atoms with Crippen molar-refractivity contribution in [3.05, 3.63) is 36.4 Å². The highest BCUT2D eigenvalue weighted by Gasteiger charge is 1.92. The van der Waals surface area contributed by atoms with E-state index in [0.29, 0.717) is 0 Å². The number of thioether (sulfide) groups is 1. The van der Waals surface area contributed by atoms with Crippen LogP contribution in [0.1, 0.15) is 5.56 Å². The molecule has 0 saturated heterocycles. The molecule has 0 bridgehead atoms. The summed E-state index contributed by atoms with van der Waals surface area (Å²) in [6, 6.07) is 8.10. The van der Waals surface area contributed by atoms with Gasteiger partial charge in [-0.3, -0.25) is 0 Å². The number of benzene rings is 1. The molecule has 1 nitrogen and oxygen atoms in total. The maximum Gasteiger partial charge on any atom is 0.0525 e. The van der Waals surface area contributed by atoms with Crippen molar-refractivity contribution in [2.24, 2.45) is 0 Å². The fraction of sp³-hybridized carbons (Fsp3) is 0.200. The van der Waals surface area contributed by atoms with E-state index in [1.54, 1.807) is 11.8 Å². The van der Waals surface area contributed by atoms with E-state index in [1.807, 2.05) is 24.3 Å². The standard InChI is InChI=1S/C10H12OS/c1-2-9-4-3-5-10(8-9)12-7-6-11/h2-5,8,11H,1,6-7H2. The summed E-state index contributed by atoms with van der Waals surface area (Å²) >= 11 is 1.65. The van der Waals surface area contributed by atoms with Crippen LogP contribution < -0.4 is 0 Å². The molecule has 0 aliphatic rings. The molecule has 0 spiro atoms. The van der Waals surface area contributed by atoms with Gasteiger partial charge >= 0.3 is 0 Å². The Morgan fingerprint density at radius 3 is 3.00 bits per heavy atom. The number of rotatable bonds is 4. The minimum Gasteiger partial charge on any atom is -0.396 e. The zero-order chi connectivity index (χ0) is 8.81. The molecule has 0 heterocycles. The van der Waals surface area contributed by atoms with Crippen molar-refractivity contribution >= 4 is 17.8 Å². The van der Waals surface area contributed by atoms with Crippen molar-refractivity contribution in [2.45, 2.75) is 4.90 Å². The topological polar surface area (TPSA) is 20.2 Å². The molecule has 0 fully saturated rings. The Morgan fingerprint density at radius 1 is 1.50 bits per heavy atom. The SMILES string of the molecule is C=Cc1cccc(SCCO)c1. The maximum atomic E-state index is 8.61. The van der Waals surface area contributed by atoms with Crippen LogP contribution in [0, 0.1) is 0 Å². The lowest BCUT2D eigenvalue weighted by Crippen LogP contribution is -1.85. The number of hydrogen-bond donors (Lipinski definition) is 1. The second-order valence-corrected chi connectivity index (χ2v) is 3.52. The summed E-state index contributed by atoms with van der Waals surface area (Å²) in [5.41, 5.74) is 1.12. The third-order valence-corrected chi connectivity index (χ3v) is 2.43. The average Bonchev–Trinajstić information content (AvgIpc) is 2.15. The Labute approximate surface area is 77.1 Å². The fourth-order valence-corrected chi connectivity index (χ4v) is 1.62. The van der Waals surface area contributed by atoms with Crippen LogP contribution in [0.25, 0.3) is 6.08 Å². The van der Waals surface area contributed by atoms with Gasteiger partial charge in [0.15, 0.2) is 0 Å². The van der Waals surface area contributed by atoms with E-state index < -0.39 is 0 Å². The fourth-order valence-electron chi connectivity index (χ4n) is 0.895. The quantitative estimate of drug-likeness (QED) is 0.718. The van der Waals surface area contributed by atoms with Gasteiger partial charge in [0, 0.05) is 10.6 Å². The third-order valence-electron chi connectivity index (χ3n) is 1.45. The van der Waals surface area contributed by atoms with Crippen LogP contribution in [0.4, 0.5) is 0 Å². The molecule has 1 aromatic rings. The van der Waals surface area contributed by atoms with E-state index in [0.717, 1.165) is 11.3 Å². The monoisotopic (exact) mass is 180 g/mol. The summed E-state index contributed by atoms with van der Waals surface area (Å²) < 4.78 is 0. The smallest absolute Gasteiger partial charge is 0.0525 e. The Kier molecular flexibility index (Phi) is 3.91. The Balaban J connectivity index is 2.66. The summed E-state index contributed by atoms with van der Waals surface area (Å²) in [7, 11) is 0. The predicted molar refractivity (Wildman–Crippen MR) is 54.3 cm³/mol. The van der Waals surface area contributed by atoms with Crippen molar-refractivity contribution in [1.29, 1.82) is 0 Å². The lowest BCUT2D eigenvalue weighted by Gasteiger charge is -1.99. The van der Waals surface area contributed by atoms with Crippen molar-refractivity contribution in [3.8, 4) is 0 Å².